The molecular formula is C25H18N4O2. The largest absolute Gasteiger partial charge is 0.457 e. The Balaban J connectivity index is 1.62. The summed E-state index contributed by atoms with van der Waals surface area (Å²) in [6, 6.07) is 24.0. The number of rotatable bonds is 5. The Hall–Kier alpha value is -4.42. The molecule has 0 amide bonds. The fourth-order valence-electron chi connectivity index (χ4n) is 3.49. The average molecular weight is 406 g/mol. The summed E-state index contributed by atoms with van der Waals surface area (Å²) in [5.74, 6) is 0.314. The maximum absolute atomic E-state index is 12.7. The van der Waals surface area contributed by atoms with Crippen LogP contribution in [0.4, 0.5) is 0 Å². The molecule has 0 fully saturated rings. The quantitative estimate of drug-likeness (QED) is 0.455. The van der Waals surface area contributed by atoms with E-state index in [1.54, 1.807) is 48.5 Å². The second-order valence-corrected chi connectivity index (χ2v) is 7.06. The minimum absolute atomic E-state index is 0.0223. The summed E-state index contributed by atoms with van der Waals surface area (Å²) in [5.41, 5.74) is 4.58. The summed E-state index contributed by atoms with van der Waals surface area (Å²) in [4.78, 5) is 17.2. The van der Waals surface area contributed by atoms with Crippen LogP contribution in [-0.2, 0) is 17.9 Å². The van der Waals surface area contributed by atoms with Crippen LogP contribution < -0.4 is 0 Å². The third-order valence-electron chi connectivity index (χ3n) is 5.14. The van der Waals surface area contributed by atoms with Gasteiger partial charge in [0.15, 0.2) is 0 Å². The number of hydrogen-bond donors (Lipinski definition) is 0. The Kier molecular flexibility index (Phi) is 5.47. The van der Waals surface area contributed by atoms with Crippen LogP contribution in [0.2, 0.25) is 0 Å². The number of nitrogens with zero attached hydrogens (tertiary/aromatic N) is 4. The molecule has 4 aromatic rings. The van der Waals surface area contributed by atoms with E-state index in [0.29, 0.717) is 28.8 Å². The van der Waals surface area contributed by atoms with Crippen molar-refractivity contribution in [1.82, 2.24) is 9.55 Å². The normalized spacial score (nSPS) is 10.4. The van der Waals surface area contributed by atoms with Gasteiger partial charge in [-0.3, -0.25) is 0 Å². The number of aromatic nitrogens is 2. The first-order valence-corrected chi connectivity index (χ1v) is 9.70. The molecule has 1 aromatic heterocycles. The Labute approximate surface area is 179 Å². The van der Waals surface area contributed by atoms with E-state index in [1.807, 2.05) is 29.7 Å². The maximum atomic E-state index is 12.7. The second-order valence-electron chi connectivity index (χ2n) is 7.06. The van der Waals surface area contributed by atoms with E-state index in [4.69, 9.17) is 4.74 Å². The fourth-order valence-corrected chi connectivity index (χ4v) is 3.49. The van der Waals surface area contributed by atoms with Gasteiger partial charge in [-0.2, -0.15) is 10.5 Å². The standard InChI is InChI=1S/C25H18N4O2/c1-17-28-23-11-10-18(25(30)31-16-22-9-5-3-7-20(22)14-27)12-24(23)29(17)15-21-8-4-2-6-19(21)13-26/h2-12H,15-16H2,1H3. The second kappa shape index (κ2) is 8.52. The minimum Gasteiger partial charge on any atom is -0.457 e. The van der Waals surface area contributed by atoms with E-state index in [9.17, 15) is 15.3 Å². The van der Waals surface area contributed by atoms with Crippen molar-refractivity contribution in [2.75, 3.05) is 0 Å². The van der Waals surface area contributed by atoms with E-state index >= 15 is 0 Å². The van der Waals surface area contributed by atoms with Crippen molar-refractivity contribution in [2.45, 2.75) is 20.1 Å². The molecule has 0 spiro atoms. The van der Waals surface area contributed by atoms with Gasteiger partial charge in [-0.1, -0.05) is 36.4 Å². The SMILES string of the molecule is Cc1nc2ccc(C(=O)OCc3ccccc3C#N)cc2n1Cc1ccccc1C#N. The summed E-state index contributed by atoms with van der Waals surface area (Å²) in [5, 5.41) is 18.6. The number of carbonyl (C=O) groups excluding carboxylic acids is 1. The summed E-state index contributed by atoms with van der Waals surface area (Å²) >= 11 is 0. The van der Waals surface area contributed by atoms with Gasteiger partial charge in [-0.15, -0.1) is 0 Å². The van der Waals surface area contributed by atoms with Gasteiger partial charge < -0.3 is 9.30 Å². The van der Waals surface area contributed by atoms with Crippen LogP contribution in [0, 0.1) is 29.6 Å². The molecule has 0 aliphatic heterocycles. The van der Waals surface area contributed by atoms with Crippen molar-refractivity contribution in [2.24, 2.45) is 0 Å². The number of fused-ring (bicyclic) bond motifs is 1. The molecule has 0 saturated heterocycles. The van der Waals surface area contributed by atoms with E-state index in [1.165, 1.54) is 0 Å². The Morgan fingerprint density at radius 2 is 1.61 bits per heavy atom. The number of aryl methyl sites for hydroxylation is 1. The third-order valence-corrected chi connectivity index (χ3v) is 5.14. The topological polar surface area (TPSA) is 91.7 Å². The van der Waals surface area contributed by atoms with Crippen molar-refractivity contribution in [1.29, 1.82) is 10.5 Å². The first kappa shape index (κ1) is 19.9. The van der Waals surface area contributed by atoms with E-state index in [-0.39, 0.29) is 6.61 Å². The highest BCUT2D eigenvalue weighted by Crippen LogP contribution is 2.21. The highest BCUT2D eigenvalue weighted by Gasteiger charge is 2.15. The lowest BCUT2D eigenvalue weighted by Gasteiger charge is -2.10. The number of hydrogen-bond acceptors (Lipinski definition) is 5. The van der Waals surface area contributed by atoms with Gasteiger partial charge in [0.25, 0.3) is 0 Å². The number of nitriles is 2. The van der Waals surface area contributed by atoms with Crippen LogP contribution >= 0.6 is 0 Å². The van der Waals surface area contributed by atoms with Crippen LogP contribution in [0.1, 0.15) is 38.4 Å². The molecule has 1 heterocycles. The monoisotopic (exact) mass is 406 g/mol. The van der Waals surface area contributed by atoms with Crippen molar-refractivity contribution in [3.05, 3.63) is 100 Å². The van der Waals surface area contributed by atoms with Crippen molar-refractivity contribution in [3.63, 3.8) is 0 Å². The number of benzene rings is 3. The molecule has 0 bridgehead atoms. The molecule has 4 rings (SSSR count). The van der Waals surface area contributed by atoms with Crippen LogP contribution in [0.3, 0.4) is 0 Å². The molecule has 31 heavy (non-hydrogen) atoms. The summed E-state index contributed by atoms with van der Waals surface area (Å²) in [7, 11) is 0. The smallest absolute Gasteiger partial charge is 0.338 e. The highest BCUT2D eigenvalue weighted by atomic mass is 16.5. The maximum Gasteiger partial charge on any atom is 0.338 e. The van der Waals surface area contributed by atoms with Gasteiger partial charge in [-0.05, 0) is 42.8 Å². The first-order chi connectivity index (χ1) is 15.1. The van der Waals surface area contributed by atoms with Gasteiger partial charge in [0.2, 0.25) is 0 Å². The molecular weight excluding hydrogens is 388 g/mol. The third kappa shape index (κ3) is 4.01. The van der Waals surface area contributed by atoms with Gasteiger partial charge in [0, 0.05) is 5.56 Å². The number of ether oxygens (including phenoxy) is 1. The zero-order valence-electron chi connectivity index (χ0n) is 16.9. The number of esters is 1. The molecule has 0 unspecified atom stereocenters. The molecule has 6 nitrogen and oxygen atoms in total. The molecule has 0 radical (unpaired) electrons. The fraction of sp³-hybridized carbons (Fsp3) is 0.120. The van der Waals surface area contributed by atoms with Crippen LogP contribution in [0.25, 0.3) is 11.0 Å². The molecule has 0 aliphatic carbocycles. The Morgan fingerprint density at radius 1 is 0.968 bits per heavy atom. The van der Waals surface area contributed by atoms with Gasteiger partial charge >= 0.3 is 5.97 Å². The van der Waals surface area contributed by atoms with Crippen molar-refractivity contribution < 1.29 is 9.53 Å². The zero-order valence-corrected chi connectivity index (χ0v) is 16.9. The van der Waals surface area contributed by atoms with Crippen LogP contribution in [-0.4, -0.2) is 15.5 Å². The van der Waals surface area contributed by atoms with Gasteiger partial charge in [-0.25, -0.2) is 9.78 Å². The molecule has 0 saturated carbocycles. The minimum atomic E-state index is -0.475. The molecule has 0 aliphatic rings. The summed E-state index contributed by atoms with van der Waals surface area (Å²) in [6.45, 7) is 2.39. The van der Waals surface area contributed by atoms with Crippen LogP contribution in [0.15, 0.2) is 66.7 Å². The van der Waals surface area contributed by atoms with E-state index < -0.39 is 5.97 Å². The Bertz CT molecular complexity index is 1370. The highest BCUT2D eigenvalue weighted by molar-refractivity contribution is 5.93. The lowest BCUT2D eigenvalue weighted by Crippen LogP contribution is -2.07. The molecule has 6 heteroatoms. The molecule has 0 N–H and O–H groups in total. The van der Waals surface area contributed by atoms with Gasteiger partial charge in [0.05, 0.1) is 46.4 Å². The van der Waals surface area contributed by atoms with Gasteiger partial charge in [0.1, 0.15) is 12.4 Å². The predicted octanol–water partition coefficient (Wildman–Crippen LogP) is 4.49. The zero-order chi connectivity index (χ0) is 21.8. The molecule has 0 atom stereocenters. The molecule has 150 valence electrons. The number of imidazole rings is 1. The first-order valence-electron chi connectivity index (χ1n) is 9.70. The summed E-state index contributed by atoms with van der Waals surface area (Å²) in [6.07, 6.45) is 0. The van der Waals surface area contributed by atoms with Crippen molar-refractivity contribution >= 4 is 17.0 Å². The number of carbonyl (C=O) groups is 1. The lowest BCUT2D eigenvalue weighted by atomic mass is 10.1. The van der Waals surface area contributed by atoms with E-state index in [2.05, 4.69) is 17.1 Å². The van der Waals surface area contributed by atoms with Crippen LogP contribution in [0.5, 0.6) is 0 Å². The van der Waals surface area contributed by atoms with E-state index in [0.717, 1.165) is 22.4 Å². The molecule has 3 aromatic carbocycles. The summed E-state index contributed by atoms with van der Waals surface area (Å²) < 4.78 is 7.42. The predicted molar refractivity (Wildman–Crippen MR) is 115 cm³/mol. The average Bonchev–Trinajstić information content (AvgIpc) is 3.12. The van der Waals surface area contributed by atoms with Crippen molar-refractivity contribution in [3.8, 4) is 12.1 Å². The lowest BCUT2D eigenvalue weighted by molar-refractivity contribution is 0.0472. The Morgan fingerprint density at radius 3 is 2.32 bits per heavy atom.